The van der Waals surface area contributed by atoms with Crippen LogP contribution in [0.5, 0.6) is 0 Å². The van der Waals surface area contributed by atoms with E-state index in [2.05, 4.69) is 20.7 Å². The van der Waals surface area contributed by atoms with E-state index >= 15 is 0 Å². The first-order chi connectivity index (χ1) is 12.1. The largest absolute Gasteiger partial charge is 0.381 e. The normalized spacial score (nSPS) is 24.2. The van der Waals surface area contributed by atoms with Crippen LogP contribution in [0.15, 0.2) is 12.1 Å². The molecule has 0 spiro atoms. The maximum atomic E-state index is 12.6. The number of fused-ring (bicyclic) bond motifs is 1. The number of carbonyl (C=O) groups excluding carboxylic acids is 1. The van der Waals surface area contributed by atoms with Crippen LogP contribution in [0.3, 0.4) is 0 Å². The first-order valence-corrected chi connectivity index (χ1v) is 9.09. The highest BCUT2D eigenvalue weighted by Gasteiger charge is 2.34. The molecule has 4 rings (SSSR count). The van der Waals surface area contributed by atoms with E-state index in [1.54, 1.807) is 10.6 Å². The average molecular weight is 343 g/mol. The summed E-state index contributed by atoms with van der Waals surface area (Å²) >= 11 is 0. The van der Waals surface area contributed by atoms with Crippen molar-refractivity contribution in [3.8, 4) is 0 Å². The van der Waals surface area contributed by atoms with Crippen LogP contribution in [-0.2, 0) is 4.74 Å². The highest BCUT2D eigenvalue weighted by Crippen LogP contribution is 2.22. The smallest absolute Gasteiger partial charge is 0.272 e. The summed E-state index contributed by atoms with van der Waals surface area (Å²) in [4.78, 5) is 17.0. The zero-order valence-electron chi connectivity index (χ0n) is 14.8. The fraction of sp³-hybridized carbons (Fsp3) is 0.611. The second kappa shape index (κ2) is 6.72. The number of rotatable bonds is 4. The lowest BCUT2D eigenvalue weighted by Gasteiger charge is -2.40. The third kappa shape index (κ3) is 3.39. The Labute approximate surface area is 147 Å². The highest BCUT2D eigenvalue weighted by atomic mass is 16.5. The summed E-state index contributed by atoms with van der Waals surface area (Å²) in [5.41, 5.74) is 3.05. The number of ether oxygens (including phenoxy) is 1. The molecule has 134 valence electrons. The van der Waals surface area contributed by atoms with Crippen LogP contribution < -0.4 is 10.6 Å². The molecule has 2 aromatic heterocycles. The van der Waals surface area contributed by atoms with Crippen LogP contribution in [0.4, 0.5) is 0 Å². The minimum atomic E-state index is -0.119. The Hall–Kier alpha value is -1.99. The first-order valence-electron chi connectivity index (χ1n) is 9.09. The van der Waals surface area contributed by atoms with E-state index in [9.17, 15) is 4.79 Å². The summed E-state index contributed by atoms with van der Waals surface area (Å²) in [6.45, 7) is 5.57. The monoisotopic (exact) mass is 343 g/mol. The molecule has 2 aliphatic rings. The fourth-order valence-corrected chi connectivity index (χ4v) is 3.68. The van der Waals surface area contributed by atoms with Gasteiger partial charge in [0.25, 0.3) is 5.91 Å². The molecule has 1 amide bonds. The summed E-state index contributed by atoms with van der Waals surface area (Å²) in [6.07, 6.45) is 4.21. The molecule has 7 nitrogen and oxygen atoms in total. The van der Waals surface area contributed by atoms with Crippen molar-refractivity contribution in [2.75, 3.05) is 13.2 Å². The van der Waals surface area contributed by atoms with E-state index in [4.69, 9.17) is 4.74 Å². The van der Waals surface area contributed by atoms with Gasteiger partial charge in [-0.25, -0.2) is 9.50 Å². The van der Waals surface area contributed by atoms with Gasteiger partial charge in [-0.2, -0.15) is 5.10 Å². The number of nitrogens with one attached hydrogen (secondary N) is 2. The van der Waals surface area contributed by atoms with Gasteiger partial charge in [0.2, 0.25) is 0 Å². The molecule has 2 aromatic rings. The predicted molar refractivity (Wildman–Crippen MR) is 93.7 cm³/mol. The van der Waals surface area contributed by atoms with E-state index < -0.39 is 0 Å². The minimum Gasteiger partial charge on any atom is -0.381 e. The fourth-order valence-electron chi connectivity index (χ4n) is 3.68. The molecule has 1 aliphatic heterocycles. The van der Waals surface area contributed by atoms with E-state index in [1.165, 1.54) is 0 Å². The number of amides is 1. The van der Waals surface area contributed by atoms with Gasteiger partial charge in [0.1, 0.15) is 0 Å². The maximum absolute atomic E-state index is 12.6. The zero-order chi connectivity index (χ0) is 17.4. The number of hydrogen-bond acceptors (Lipinski definition) is 5. The molecule has 2 fully saturated rings. The van der Waals surface area contributed by atoms with Gasteiger partial charge < -0.3 is 15.4 Å². The van der Waals surface area contributed by atoms with Crippen LogP contribution in [0.1, 0.15) is 47.6 Å². The van der Waals surface area contributed by atoms with E-state index in [-0.39, 0.29) is 11.9 Å². The predicted octanol–water partition coefficient (Wildman–Crippen LogP) is 1.38. The molecular formula is C18H25N5O2. The van der Waals surface area contributed by atoms with Crippen LogP contribution in [0.2, 0.25) is 0 Å². The summed E-state index contributed by atoms with van der Waals surface area (Å²) in [6, 6.07) is 4.75. The Bertz CT molecular complexity index is 781. The third-order valence-corrected chi connectivity index (χ3v) is 5.23. The van der Waals surface area contributed by atoms with Gasteiger partial charge in [0, 0.05) is 48.8 Å². The summed E-state index contributed by atoms with van der Waals surface area (Å²) in [5.74, 6) is -0.119. The molecule has 7 heteroatoms. The Morgan fingerprint density at radius 2 is 1.92 bits per heavy atom. The van der Waals surface area contributed by atoms with Crippen LogP contribution in [0.25, 0.3) is 5.65 Å². The molecular weight excluding hydrogens is 318 g/mol. The number of carbonyl (C=O) groups is 1. The zero-order valence-corrected chi connectivity index (χ0v) is 14.8. The van der Waals surface area contributed by atoms with Gasteiger partial charge in [-0.05, 0) is 45.6 Å². The lowest BCUT2D eigenvalue weighted by Crippen LogP contribution is -2.59. The summed E-state index contributed by atoms with van der Waals surface area (Å²) in [7, 11) is 0. The van der Waals surface area contributed by atoms with Crippen LogP contribution >= 0.6 is 0 Å². The van der Waals surface area contributed by atoms with Gasteiger partial charge in [-0.3, -0.25) is 4.79 Å². The molecule has 2 atom stereocenters. The van der Waals surface area contributed by atoms with Crippen LogP contribution in [-0.4, -0.2) is 51.8 Å². The van der Waals surface area contributed by atoms with Gasteiger partial charge in [-0.1, -0.05) is 0 Å². The Morgan fingerprint density at radius 3 is 2.64 bits per heavy atom. The van der Waals surface area contributed by atoms with Crippen molar-refractivity contribution in [3.05, 3.63) is 29.2 Å². The van der Waals surface area contributed by atoms with Gasteiger partial charge in [0.05, 0.1) is 0 Å². The van der Waals surface area contributed by atoms with Crippen molar-refractivity contribution in [2.45, 2.75) is 57.7 Å². The first kappa shape index (κ1) is 16.5. The molecule has 0 bridgehead atoms. The Morgan fingerprint density at radius 1 is 1.16 bits per heavy atom. The molecule has 25 heavy (non-hydrogen) atoms. The SMILES string of the molecule is Cc1cc(C)n2nc(C(=O)N[C@H]3CC[C@H]3NC3CCOCC3)cc2n1. The van der Waals surface area contributed by atoms with Gasteiger partial charge >= 0.3 is 0 Å². The average Bonchev–Trinajstić information content (AvgIpc) is 3.02. The molecule has 2 N–H and O–H groups in total. The number of aromatic nitrogens is 3. The summed E-state index contributed by atoms with van der Waals surface area (Å²) in [5, 5.41) is 11.2. The molecule has 3 heterocycles. The third-order valence-electron chi connectivity index (χ3n) is 5.23. The topological polar surface area (TPSA) is 80.6 Å². The number of hydrogen-bond donors (Lipinski definition) is 2. The quantitative estimate of drug-likeness (QED) is 0.876. The molecule has 1 saturated heterocycles. The van der Waals surface area contributed by atoms with Crippen molar-refractivity contribution >= 4 is 11.6 Å². The van der Waals surface area contributed by atoms with Crippen molar-refractivity contribution in [1.29, 1.82) is 0 Å². The van der Waals surface area contributed by atoms with E-state index in [0.717, 1.165) is 50.3 Å². The van der Waals surface area contributed by atoms with Gasteiger partial charge in [0.15, 0.2) is 11.3 Å². The van der Waals surface area contributed by atoms with Crippen molar-refractivity contribution < 1.29 is 9.53 Å². The molecule has 0 radical (unpaired) electrons. The molecule has 0 aromatic carbocycles. The van der Waals surface area contributed by atoms with Crippen LogP contribution in [0, 0.1) is 13.8 Å². The Balaban J connectivity index is 1.40. The number of aryl methyl sites for hydroxylation is 2. The summed E-state index contributed by atoms with van der Waals surface area (Å²) < 4.78 is 7.13. The second-order valence-electron chi connectivity index (χ2n) is 7.16. The number of nitrogens with zero attached hydrogens (tertiary/aromatic N) is 3. The van der Waals surface area contributed by atoms with E-state index in [0.29, 0.717) is 23.4 Å². The van der Waals surface area contributed by atoms with E-state index in [1.807, 2.05) is 19.9 Å². The lowest BCUT2D eigenvalue weighted by molar-refractivity contribution is 0.0652. The molecule has 1 saturated carbocycles. The maximum Gasteiger partial charge on any atom is 0.272 e. The lowest BCUT2D eigenvalue weighted by atomic mass is 9.85. The van der Waals surface area contributed by atoms with Gasteiger partial charge in [-0.15, -0.1) is 0 Å². The highest BCUT2D eigenvalue weighted by molar-refractivity contribution is 5.93. The standard InChI is InChI=1S/C18H25N5O2/c1-11-9-12(2)23-17(19-11)10-16(22-23)18(24)21-15-4-3-14(15)20-13-5-7-25-8-6-13/h9-10,13-15,20H,3-8H2,1-2H3,(H,21,24)/t14-,15+/m1/s1. The Kier molecular flexibility index (Phi) is 4.43. The second-order valence-corrected chi connectivity index (χ2v) is 7.16. The van der Waals surface area contributed by atoms with Crippen molar-refractivity contribution in [1.82, 2.24) is 25.2 Å². The molecule has 1 aliphatic carbocycles. The minimum absolute atomic E-state index is 0.119. The van der Waals surface area contributed by atoms with Crippen molar-refractivity contribution in [3.63, 3.8) is 0 Å². The van der Waals surface area contributed by atoms with Crippen molar-refractivity contribution in [2.24, 2.45) is 0 Å². The molecule has 0 unspecified atom stereocenters.